The Morgan fingerprint density at radius 3 is 2.68 bits per heavy atom. The number of aryl methyl sites for hydroxylation is 2. The van der Waals surface area contributed by atoms with Gasteiger partial charge >= 0.3 is 0 Å². The van der Waals surface area contributed by atoms with Crippen LogP contribution in [0.1, 0.15) is 16.8 Å². The van der Waals surface area contributed by atoms with Crippen LogP contribution in [0.4, 0.5) is 0 Å². The lowest BCUT2D eigenvalue weighted by atomic mass is 10.1. The first-order chi connectivity index (χ1) is 8.90. The van der Waals surface area contributed by atoms with Crippen molar-refractivity contribution in [3.63, 3.8) is 0 Å². The standard InChI is InChI=1S/C12H14N2O3S2/c1-8-6-9(2)14-12(15)10(8)7-13-19(16,17)11-4-3-5-18-11/h3-6,13H,7H2,1-2H3,(H,14,15). The van der Waals surface area contributed by atoms with Gasteiger partial charge in [0.2, 0.25) is 10.0 Å². The van der Waals surface area contributed by atoms with Gasteiger partial charge in [0.25, 0.3) is 5.56 Å². The van der Waals surface area contributed by atoms with Gasteiger partial charge in [0.1, 0.15) is 4.21 Å². The molecule has 2 heterocycles. The van der Waals surface area contributed by atoms with Gasteiger partial charge in [-0.1, -0.05) is 6.07 Å². The Labute approximate surface area is 115 Å². The summed E-state index contributed by atoms with van der Waals surface area (Å²) in [5.74, 6) is 0. The fourth-order valence-corrected chi connectivity index (χ4v) is 3.79. The normalized spacial score (nSPS) is 11.7. The number of sulfonamides is 1. The van der Waals surface area contributed by atoms with Crippen LogP contribution >= 0.6 is 11.3 Å². The lowest BCUT2D eigenvalue weighted by Gasteiger charge is -2.07. The van der Waals surface area contributed by atoms with Crippen LogP contribution in [0.25, 0.3) is 0 Å². The molecule has 0 aliphatic heterocycles. The molecule has 2 aromatic rings. The predicted octanol–water partition coefficient (Wildman–Crippen LogP) is 1.53. The van der Waals surface area contributed by atoms with E-state index in [1.807, 2.05) is 6.07 Å². The Bertz CT molecular complexity index is 731. The third-order valence-corrected chi connectivity index (χ3v) is 5.49. The van der Waals surface area contributed by atoms with Crippen molar-refractivity contribution in [1.29, 1.82) is 0 Å². The molecule has 0 bridgehead atoms. The van der Waals surface area contributed by atoms with Gasteiger partial charge in [-0.2, -0.15) is 0 Å². The molecule has 0 atom stereocenters. The summed E-state index contributed by atoms with van der Waals surface area (Å²) < 4.78 is 26.6. The molecule has 0 spiro atoms. The highest BCUT2D eigenvalue weighted by Crippen LogP contribution is 2.15. The van der Waals surface area contributed by atoms with E-state index in [2.05, 4.69) is 9.71 Å². The zero-order chi connectivity index (χ0) is 14.0. The quantitative estimate of drug-likeness (QED) is 0.898. The molecule has 102 valence electrons. The minimum absolute atomic E-state index is 0.0122. The van der Waals surface area contributed by atoms with Crippen molar-refractivity contribution in [3.8, 4) is 0 Å². The molecule has 0 amide bonds. The second kappa shape index (κ2) is 5.28. The van der Waals surface area contributed by atoms with E-state index >= 15 is 0 Å². The van der Waals surface area contributed by atoms with Crippen LogP contribution < -0.4 is 10.3 Å². The minimum atomic E-state index is -3.54. The van der Waals surface area contributed by atoms with Crippen LogP contribution in [0.3, 0.4) is 0 Å². The van der Waals surface area contributed by atoms with E-state index < -0.39 is 10.0 Å². The Morgan fingerprint density at radius 2 is 2.11 bits per heavy atom. The molecule has 0 saturated carbocycles. The maximum Gasteiger partial charge on any atom is 0.252 e. The largest absolute Gasteiger partial charge is 0.326 e. The zero-order valence-corrected chi connectivity index (χ0v) is 12.2. The van der Waals surface area contributed by atoms with Gasteiger partial charge in [0, 0.05) is 17.8 Å². The molecular weight excluding hydrogens is 284 g/mol. The number of nitrogens with one attached hydrogen (secondary N) is 2. The maximum absolute atomic E-state index is 11.9. The topological polar surface area (TPSA) is 79.0 Å². The summed E-state index contributed by atoms with van der Waals surface area (Å²) in [6.45, 7) is 3.56. The summed E-state index contributed by atoms with van der Waals surface area (Å²) in [4.78, 5) is 14.4. The number of rotatable bonds is 4. The van der Waals surface area contributed by atoms with Crippen LogP contribution in [-0.4, -0.2) is 13.4 Å². The SMILES string of the molecule is Cc1cc(C)c(CNS(=O)(=O)c2cccs2)c(=O)[nH]1. The second-order valence-corrected chi connectivity index (χ2v) is 7.14. The van der Waals surface area contributed by atoms with E-state index in [0.29, 0.717) is 5.56 Å². The van der Waals surface area contributed by atoms with Gasteiger partial charge in [0.05, 0.1) is 0 Å². The highest BCUT2D eigenvalue weighted by molar-refractivity contribution is 7.91. The molecule has 19 heavy (non-hydrogen) atoms. The minimum Gasteiger partial charge on any atom is -0.326 e. The lowest BCUT2D eigenvalue weighted by Crippen LogP contribution is -2.27. The first kappa shape index (κ1) is 14.0. The maximum atomic E-state index is 11.9. The second-order valence-electron chi connectivity index (χ2n) is 4.20. The predicted molar refractivity (Wildman–Crippen MR) is 74.9 cm³/mol. The molecule has 7 heteroatoms. The fraction of sp³-hybridized carbons (Fsp3) is 0.250. The van der Waals surface area contributed by atoms with Gasteiger partial charge in [0.15, 0.2) is 0 Å². The Morgan fingerprint density at radius 1 is 1.37 bits per heavy atom. The van der Waals surface area contributed by atoms with Gasteiger partial charge in [-0.3, -0.25) is 4.79 Å². The van der Waals surface area contributed by atoms with E-state index in [4.69, 9.17) is 0 Å². The van der Waals surface area contributed by atoms with Crippen molar-refractivity contribution in [2.75, 3.05) is 0 Å². The van der Waals surface area contributed by atoms with Crippen LogP contribution in [0.5, 0.6) is 0 Å². The summed E-state index contributed by atoms with van der Waals surface area (Å²) in [5, 5.41) is 1.69. The first-order valence-corrected chi connectivity index (χ1v) is 7.99. The van der Waals surface area contributed by atoms with Crippen molar-refractivity contribution in [3.05, 3.63) is 50.8 Å². The van der Waals surface area contributed by atoms with Gasteiger partial charge < -0.3 is 4.98 Å². The van der Waals surface area contributed by atoms with Crippen molar-refractivity contribution in [2.45, 2.75) is 24.6 Å². The van der Waals surface area contributed by atoms with Crippen LogP contribution in [0, 0.1) is 13.8 Å². The molecule has 2 rings (SSSR count). The summed E-state index contributed by atoms with van der Waals surface area (Å²) in [7, 11) is -3.54. The monoisotopic (exact) mass is 298 g/mol. The van der Waals surface area contributed by atoms with Crippen LogP contribution in [-0.2, 0) is 16.6 Å². The average molecular weight is 298 g/mol. The molecule has 0 fully saturated rings. The van der Waals surface area contributed by atoms with Crippen molar-refractivity contribution < 1.29 is 8.42 Å². The Hall–Kier alpha value is -1.44. The molecule has 0 aromatic carbocycles. The molecule has 2 N–H and O–H groups in total. The number of aromatic amines is 1. The van der Waals surface area contributed by atoms with Gasteiger partial charge in [-0.05, 0) is 36.9 Å². The average Bonchev–Trinajstić information content (AvgIpc) is 2.81. The third-order valence-electron chi connectivity index (χ3n) is 2.69. The summed E-state index contributed by atoms with van der Waals surface area (Å²) in [6, 6.07) is 5.01. The van der Waals surface area contributed by atoms with Crippen molar-refractivity contribution in [2.24, 2.45) is 0 Å². The van der Waals surface area contributed by atoms with Gasteiger partial charge in [-0.25, -0.2) is 13.1 Å². The smallest absolute Gasteiger partial charge is 0.252 e. The molecule has 0 saturated heterocycles. The molecule has 0 aliphatic rings. The van der Waals surface area contributed by atoms with Crippen molar-refractivity contribution in [1.82, 2.24) is 9.71 Å². The van der Waals surface area contributed by atoms with E-state index in [0.717, 1.165) is 22.6 Å². The fourth-order valence-electron chi connectivity index (χ4n) is 1.76. The number of H-pyrrole nitrogens is 1. The molecule has 0 radical (unpaired) electrons. The molecule has 2 aromatic heterocycles. The molecule has 0 unspecified atom stereocenters. The number of hydrogen-bond donors (Lipinski definition) is 2. The number of aromatic nitrogens is 1. The van der Waals surface area contributed by atoms with E-state index in [-0.39, 0.29) is 16.3 Å². The van der Waals surface area contributed by atoms with Crippen LogP contribution in [0.2, 0.25) is 0 Å². The first-order valence-electron chi connectivity index (χ1n) is 5.63. The number of hydrogen-bond acceptors (Lipinski definition) is 4. The van der Waals surface area contributed by atoms with Crippen LogP contribution in [0.15, 0.2) is 32.6 Å². The van der Waals surface area contributed by atoms with E-state index in [9.17, 15) is 13.2 Å². The van der Waals surface area contributed by atoms with Crippen molar-refractivity contribution >= 4 is 21.4 Å². The highest BCUT2D eigenvalue weighted by atomic mass is 32.2. The highest BCUT2D eigenvalue weighted by Gasteiger charge is 2.16. The van der Waals surface area contributed by atoms with Gasteiger partial charge in [-0.15, -0.1) is 11.3 Å². The third kappa shape index (κ3) is 3.12. The summed E-state index contributed by atoms with van der Waals surface area (Å²) >= 11 is 1.14. The Balaban J connectivity index is 2.23. The van der Waals surface area contributed by atoms with E-state index in [1.165, 1.54) is 6.07 Å². The lowest BCUT2D eigenvalue weighted by molar-refractivity contribution is 0.583. The Kier molecular flexibility index (Phi) is 3.88. The molecular formula is C12H14N2O3S2. The summed E-state index contributed by atoms with van der Waals surface area (Å²) in [6.07, 6.45) is 0. The molecule has 5 nitrogen and oxygen atoms in total. The van der Waals surface area contributed by atoms with E-state index in [1.54, 1.807) is 25.3 Å². The molecule has 0 aliphatic carbocycles. The summed E-state index contributed by atoms with van der Waals surface area (Å²) in [5.41, 5.74) is 1.71. The number of thiophene rings is 1. The zero-order valence-electron chi connectivity index (χ0n) is 10.6. The number of pyridine rings is 1.